The van der Waals surface area contributed by atoms with Crippen LogP contribution in [0.3, 0.4) is 0 Å². The Balaban J connectivity index is 1.75. The van der Waals surface area contributed by atoms with Crippen LogP contribution in [-0.4, -0.2) is 37.4 Å². The first kappa shape index (κ1) is 13.8. The number of hydrogen-bond acceptors (Lipinski definition) is 3. The van der Waals surface area contributed by atoms with E-state index in [0.717, 1.165) is 32.4 Å². The van der Waals surface area contributed by atoms with E-state index in [-0.39, 0.29) is 24.2 Å². The van der Waals surface area contributed by atoms with Gasteiger partial charge < -0.3 is 14.8 Å². The van der Waals surface area contributed by atoms with Crippen LogP contribution in [0, 0.1) is 11.8 Å². The number of amides is 1. The van der Waals surface area contributed by atoms with Gasteiger partial charge in [0.25, 0.3) is 0 Å². The summed E-state index contributed by atoms with van der Waals surface area (Å²) in [7, 11) is 0. The molecule has 2 saturated heterocycles. The van der Waals surface area contributed by atoms with Crippen LogP contribution in [-0.2, 0) is 14.3 Å². The van der Waals surface area contributed by atoms with Crippen LogP contribution < -0.4 is 5.32 Å². The molecule has 2 fully saturated rings. The minimum absolute atomic E-state index is 0.0498. The van der Waals surface area contributed by atoms with Crippen molar-refractivity contribution in [2.45, 2.75) is 58.3 Å². The Morgan fingerprint density at radius 3 is 2.72 bits per heavy atom. The van der Waals surface area contributed by atoms with Crippen LogP contribution in [0.1, 0.15) is 40.0 Å². The number of ether oxygens (including phenoxy) is 2. The van der Waals surface area contributed by atoms with E-state index in [2.05, 4.69) is 19.2 Å². The fraction of sp³-hybridized carbons (Fsp3) is 0.929. The zero-order valence-corrected chi connectivity index (χ0v) is 11.6. The minimum Gasteiger partial charge on any atom is -0.378 e. The second-order valence-corrected chi connectivity index (χ2v) is 5.89. The van der Waals surface area contributed by atoms with Crippen molar-refractivity contribution < 1.29 is 14.3 Å². The lowest BCUT2D eigenvalue weighted by molar-refractivity contribution is -0.132. The molecule has 2 aliphatic heterocycles. The van der Waals surface area contributed by atoms with Crippen LogP contribution >= 0.6 is 0 Å². The summed E-state index contributed by atoms with van der Waals surface area (Å²) in [6, 6.07) is 0. The fourth-order valence-electron chi connectivity index (χ4n) is 2.95. The summed E-state index contributed by atoms with van der Waals surface area (Å²) in [4.78, 5) is 11.9. The first-order chi connectivity index (χ1) is 8.58. The van der Waals surface area contributed by atoms with Crippen molar-refractivity contribution in [3.8, 4) is 0 Å². The second kappa shape index (κ2) is 6.02. The van der Waals surface area contributed by atoms with Crippen molar-refractivity contribution in [1.82, 2.24) is 5.32 Å². The average molecular weight is 255 g/mol. The molecule has 0 aliphatic carbocycles. The Morgan fingerprint density at radius 2 is 2.11 bits per heavy atom. The van der Waals surface area contributed by atoms with Crippen molar-refractivity contribution >= 4 is 5.91 Å². The zero-order chi connectivity index (χ0) is 13.1. The van der Waals surface area contributed by atoms with Gasteiger partial charge in [-0.1, -0.05) is 13.8 Å². The highest BCUT2D eigenvalue weighted by atomic mass is 16.5. The lowest BCUT2D eigenvalue weighted by Crippen LogP contribution is -2.40. The predicted octanol–water partition coefficient (Wildman–Crippen LogP) is 1.73. The van der Waals surface area contributed by atoms with Gasteiger partial charge >= 0.3 is 0 Å². The highest BCUT2D eigenvalue weighted by molar-refractivity contribution is 5.81. The van der Waals surface area contributed by atoms with Crippen molar-refractivity contribution in [3.63, 3.8) is 0 Å². The first-order valence-electron chi connectivity index (χ1n) is 7.12. The molecule has 4 heteroatoms. The van der Waals surface area contributed by atoms with Gasteiger partial charge in [-0.15, -0.1) is 0 Å². The lowest BCUT2D eigenvalue weighted by Gasteiger charge is -2.22. The van der Waals surface area contributed by atoms with Gasteiger partial charge in [0.15, 0.2) is 0 Å². The highest BCUT2D eigenvalue weighted by Crippen LogP contribution is 2.26. The molecule has 0 bridgehead atoms. The molecule has 2 unspecified atom stereocenters. The Morgan fingerprint density at radius 1 is 1.33 bits per heavy atom. The number of rotatable bonds is 4. The van der Waals surface area contributed by atoms with Crippen LogP contribution in [0.4, 0.5) is 0 Å². The molecule has 0 radical (unpaired) electrons. The van der Waals surface area contributed by atoms with E-state index in [0.29, 0.717) is 11.8 Å². The van der Waals surface area contributed by atoms with E-state index < -0.39 is 0 Å². The van der Waals surface area contributed by atoms with Gasteiger partial charge in [-0.3, -0.25) is 4.79 Å². The molecule has 2 rings (SSSR count). The molecule has 0 aromatic rings. The average Bonchev–Trinajstić information content (AvgIpc) is 2.94. The summed E-state index contributed by atoms with van der Waals surface area (Å²) in [5.74, 6) is 1.01. The maximum Gasteiger partial charge on any atom is 0.249 e. The van der Waals surface area contributed by atoms with E-state index in [4.69, 9.17) is 9.47 Å². The van der Waals surface area contributed by atoms with Gasteiger partial charge in [-0.2, -0.15) is 0 Å². The Bertz CT molecular complexity index is 293. The maximum absolute atomic E-state index is 11.9. The number of hydrogen-bond donors (Lipinski definition) is 1. The van der Waals surface area contributed by atoms with Gasteiger partial charge in [-0.25, -0.2) is 0 Å². The number of carbonyl (C=O) groups excluding carboxylic acids is 1. The van der Waals surface area contributed by atoms with Crippen molar-refractivity contribution in [2.24, 2.45) is 11.8 Å². The quantitative estimate of drug-likeness (QED) is 0.832. The standard InChI is InChI=1S/C14H25NO3/c1-9(2)13-11(6-7-17-13)8-15-14(16)12-5-4-10(3)18-12/h9-13H,4-8H2,1-3H3,(H,15,16)/t10?,11-,12?,13-/m1/s1. The monoisotopic (exact) mass is 255 g/mol. The molecular formula is C14H25NO3. The van der Waals surface area contributed by atoms with Gasteiger partial charge in [0.2, 0.25) is 5.91 Å². The maximum atomic E-state index is 11.9. The van der Waals surface area contributed by atoms with Crippen LogP contribution in [0.5, 0.6) is 0 Å². The van der Waals surface area contributed by atoms with Gasteiger partial charge in [-0.05, 0) is 32.1 Å². The van der Waals surface area contributed by atoms with Gasteiger partial charge in [0, 0.05) is 19.1 Å². The third-order valence-corrected chi connectivity index (χ3v) is 3.98. The first-order valence-corrected chi connectivity index (χ1v) is 7.12. The molecule has 2 aliphatic rings. The summed E-state index contributed by atoms with van der Waals surface area (Å²) in [5, 5.41) is 3.03. The molecule has 4 nitrogen and oxygen atoms in total. The fourth-order valence-corrected chi connectivity index (χ4v) is 2.95. The van der Waals surface area contributed by atoms with Crippen LogP contribution in [0.25, 0.3) is 0 Å². The molecule has 1 N–H and O–H groups in total. The number of nitrogens with one attached hydrogen (secondary N) is 1. The summed E-state index contributed by atoms with van der Waals surface area (Å²) < 4.78 is 11.3. The third-order valence-electron chi connectivity index (χ3n) is 3.98. The van der Waals surface area contributed by atoms with Crippen LogP contribution in [0.15, 0.2) is 0 Å². The largest absolute Gasteiger partial charge is 0.378 e. The summed E-state index contributed by atoms with van der Waals surface area (Å²) in [6.07, 6.45) is 3.15. The van der Waals surface area contributed by atoms with E-state index in [1.807, 2.05) is 6.92 Å². The van der Waals surface area contributed by atoms with Crippen molar-refractivity contribution in [1.29, 1.82) is 0 Å². The Hall–Kier alpha value is -0.610. The van der Waals surface area contributed by atoms with E-state index in [9.17, 15) is 4.79 Å². The summed E-state index contributed by atoms with van der Waals surface area (Å²) in [5.41, 5.74) is 0. The molecule has 18 heavy (non-hydrogen) atoms. The van der Waals surface area contributed by atoms with E-state index in [1.165, 1.54) is 0 Å². The number of carbonyl (C=O) groups is 1. The van der Waals surface area contributed by atoms with Gasteiger partial charge in [0.05, 0.1) is 12.2 Å². The molecular weight excluding hydrogens is 230 g/mol. The summed E-state index contributed by atoms with van der Waals surface area (Å²) >= 11 is 0. The molecule has 0 saturated carbocycles. The lowest BCUT2D eigenvalue weighted by atomic mass is 9.93. The normalized spacial score (nSPS) is 36.2. The molecule has 2 heterocycles. The Kier molecular flexibility index (Phi) is 4.62. The molecule has 104 valence electrons. The topological polar surface area (TPSA) is 47.6 Å². The molecule has 0 spiro atoms. The third kappa shape index (κ3) is 3.23. The molecule has 0 aromatic heterocycles. The van der Waals surface area contributed by atoms with Crippen molar-refractivity contribution in [2.75, 3.05) is 13.2 Å². The smallest absolute Gasteiger partial charge is 0.249 e. The van der Waals surface area contributed by atoms with E-state index >= 15 is 0 Å². The van der Waals surface area contributed by atoms with E-state index in [1.54, 1.807) is 0 Å². The minimum atomic E-state index is -0.236. The highest BCUT2D eigenvalue weighted by Gasteiger charge is 2.32. The van der Waals surface area contributed by atoms with Crippen molar-refractivity contribution in [3.05, 3.63) is 0 Å². The summed E-state index contributed by atoms with van der Waals surface area (Å²) in [6.45, 7) is 7.91. The zero-order valence-electron chi connectivity index (χ0n) is 11.6. The second-order valence-electron chi connectivity index (χ2n) is 5.89. The molecule has 0 aromatic carbocycles. The molecule has 4 atom stereocenters. The Labute approximate surface area is 109 Å². The SMILES string of the molecule is CC1CCC(C(=O)NC[C@H]2CCO[C@@H]2C(C)C)O1. The molecule has 1 amide bonds. The van der Waals surface area contributed by atoms with Crippen LogP contribution in [0.2, 0.25) is 0 Å². The van der Waals surface area contributed by atoms with Gasteiger partial charge in [0.1, 0.15) is 6.10 Å². The predicted molar refractivity (Wildman–Crippen MR) is 69.3 cm³/mol.